The molecule has 0 bridgehead atoms. The maximum Gasteiger partial charge on any atom is 0.387 e. The minimum Gasteiger partial charge on any atom is -0.434 e. The summed E-state index contributed by atoms with van der Waals surface area (Å²) in [7, 11) is 0. The predicted octanol–water partition coefficient (Wildman–Crippen LogP) is 3.30. The molecule has 1 saturated heterocycles. The molecule has 1 heterocycles. The van der Waals surface area contributed by atoms with E-state index < -0.39 is 12.5 Å². The molecule has 3 rings (SSSR count). The molecule has 35 heavy (non-hydrogen) atoms. The van der Waals surface area contributed by atoms with Gasteiger partial charge in [0, 0.05) is 51.3 Å². The number of ether oxygens (including phenoxy) is 1. The molecular formula is C25H26F2N4O4. The molecule has 0 spiro atoms. The molecule has 8 nitrogen and oxygen atoms in total. The van der Waals surface area contributed by atoms with Gasteiger partial charge in [-0.25, -0.2) is 0 Å². The summed E-state index contributed by atoms with van der Waals surface area (Å²) in [5.74, 6) is -1.09. The normalized spacial score (nSPS) is 13.3. The fourth-order valence-corrected chi connectivity index (χ4v) is 3.85. The molecule has 184 valence electrons. The lowest BCUT2D eigenvalue weighted by molar-refractivity contribution is -0.134. The molecule has 0 radical (unpaired) electrons. The van der Waals surface area contributed by atoms with Crippen LogP contribution < -0.4 is 9.64 Å². The number of carbonyl (C=O) groups excluding carboxylic acids is 3. The van der Waals surface area contributed by atoms with Crippen molar-refractivity contribution in [3.63, 3.8) is 0 Å². The third-order valence-electron chi connectivity index (χ3n) is 5.62. The van der Waals surface area contributed by atoms with Crippen LogP contribution in [0.5, 0.6) is 5.75 Å². The molecule has 0 N–H and O–H groups in total. The van der Waals surface area contributed by atoms with E-state index in [0.29, 0.717) is 5.69 Å². The average molecular weight is 485 g/mol. The molecule has 3 amide bonds. The molecule has 1 aliphatic heterocycles. The van der Waals surface area contributed by atoms with Crippen LogP contribution in [0.3, 0.4) is 0 Å². The van der Waals surface area contributed by atoms with E-state index in [2.05, 4.69) is 4.74 Å². The summed E-state index contributed by atoms with van der Waals surface area (Å²) in [5, 5.41) is 8.90. The first-order chi connectivity index (χ1) is 16.9. The monoisotopic (exact) mass is 484 g/mol. The van der Waals surface area contributed by atoms with Gasteiger partial charge in [-0.15, -0.1) is 0 Å². The minimum absolute atomic E-state index is 0.00333. The molecule has 1 fully saturated rings. The number of carbonyl (C=O) groups is 3. The van der Waals surface area contributed by atoms with Crippen molar-refractivity contribution in [2.24, 2.45) is 0 Å². The van der Waals surface area contributed by atoms with Gasteiger partial charge in [0.25, 0.3) is 5.91 Å². The van der Waals surface area contributed by atoms with Crippen molar-refractivity contribution < 1.29 is 27.9 Å². The Kier molecular flexibility index (Phi) is 9.12. The fourth-order valence-electron chi connectivity index (χ4n) is 3.85. The lowest BCUT2D eigenvalue weighted by Gasteiger charge is -2.35. The predicted molar refractivity (Wildman–Crippen MR) is 124 cm³/mol. The number of halogens is 2. The first-order valence-corrected chi connectivity index (χ1v) is 11.2. The Hall–Kier alpha value is -4.00. The van der Waals surface area contributed by atoms with Gasteiger partial charge in [-0.3, -0.25) is 14.4 Å². The number of benzene rings is 2. The number of hydrogen-bond donors (Lipinski definition) is 0. The summed E-state index contributed by atoms with van der Waals surface area (Å²) in [6.07, 6.45) is 0.181. The molecule has 0 atom stereocenters. The zero-order valence-corrected chi connectivity index (χ0v) is 19.1. The van der Waals surface area contributed by atoms with Crippen molar-refractivity contribution >= 4 is 23.4 Å². The molecule has 0 aromatic heterocycles. The fraction of sp³-hybridized carbons (Fsp3) is 0.360. The number of anilines is 1. The summed E-state index contributed by atoms with van der Waals surface area (Å²) in [6.45, 7) is -1.79. The first-order valence-electron chi connectivity index (χ1n) is 11.2. The summed E-state index contributed by atoms with van der Waals surface area (Å²) in [6, 6.07) is 16.8. The van der Waals surface area contributed by atoms with Crippen molar-refractivity contribution in [1.82, 2.24) is 9.80 Å². The van der Waals surface area contributed by atoms with Gasteiger partial charge in [0.2, 0.25) is 11.8 Å². The van der Waals surface area contributed by atoms with Crippen LogP contribution in [0.1, 0.15) is 29.6 Å². The van der Waals surface area contributed by atoms with Crippen LogP contribution in [0.15, 0.2) is 54.6 Å². The molecule has 2 aromatic rings. The number of alkyl halides is 2. The van der Waals surface area contributed by atoms with Crippen LogP contribution >= 0.6 is 0 Å². The van der Waals surface area contributed by atoms with E-state index in [1.807, 2.05) is 12.1 Å². The van der Waals surface area contributed by atoms with Gasteiger partial charge < -0.3 is 19.4 Å². The van der Waals surface area contributed by atoms with Crippen LogP contribution in [-0.4, -0.2) is 66.9 Å². The second kappa shape index (κ2) is 12.5. The summed E-state index contributed by atoms with van der Waals surface area (Å²) in [5.41, 5.74) is 0.708. The highest BCUT2D eigenvalue weighted by Crippen LogP contribution is 2.23. The Morgan fingerprint density at radius 2 is 1.57 bits per heavy atom. The van der Waals surface area contributed by atoms with E-state index in [9.17, 15) is 23.2 Å². The molecule has 0 unspecified atom stereocenters. The number of rotatable bonds is 9. The van der Waals surface area contributed by atoms with Crippen molar-refractivity contribution in [1.29, 1.82) is 5.26 Å². The lowest BCUT2D eigenvalue weighted by atomic mass is 10.1. The Morgan fingerprint density at radius 3 is 2.23 bits per heavy atom. The second-order valence-corrected chi connectivity index (χ2v) is 7.84. The average Bonchev–Trinajstić information content (AvgIpc) is 2.88. The van der Waals surface area contributed by atoms with E-state index in [1.54, 1.807) is 35.2 Å². The zero-order chi connectivity index (χ0) is 25.2. The summed E-state index contributed by atoms with van der Waals surface area (Å²) < 4.78 is 29.7. The van der Waals surface area contributed by atoms with Crippen LogP contribution in [0.2, 0.25) is 0 Å². The van der Waals surface area contributed by atoms with Crippen molar-refractivity contribution in [2.45, 2.75) is 25.9 Å². The van der Waals surface area contributed by atoms with Crippen molar-refractivity contribution in [3.05, 3.63) is 60.2 Å². The molecule has 2 aromatic carbocycles. The Labute approximate surface area is 202 Å². The SMILES string of the molecule is N#CCCN(C(=O)CCC(=O)N1CCN(C(=O)c2ccccc2OC(F)F)CC1)c1ccccc1. The van der Waals surface area contributed by atoms with Gasteiger partial charge in [-0.2, -0.15) is 14.0 Å². The van der Waals surface area contributed by atoms with Crippen LogP contribution in [-0.2, 0) is 9.59 Å². The van der Waals surface area contributed by atoms with Crippen LogP contribution in [0, 0.1) is 11.3 Å². The number of amides is 3. The Balaban J connectivity index is 1.53. The highest BCUT2D eigenvalue weighted by atomic mass is 19.3. The van der Waals surface area contributed by atoms with Crippen molar-refractivity contribution in [2.75, 3.05) is 37.6 Å². The Bertz CT molecular complexity index is 1070. The highest BCUT2D eigenvalue weighted by Gasteiger charge is 2.27. The zero-order valence-electron chi connectivity index (χ0n) is 19.1. The standard InChI is InChI=1S/C25H26F2N4O4/c26-25(27)35-21-10-5-4-9-20(21)24(34)30-17-15-29(16-18-30)22(32)11-12-23(33)31(14-6-13-28)19-7-2-1-3-8-19/h1-5,7-10,25H,6,11-12,14-18H2. The molecule has 0 saturated carbocycles. The summed E-state index contributed by atoms with van der Waals surface area (Å²) in [4.78, 5) is 42.9. The third kappa shape index (κ3) is 6.99. The third-order valence-corrected chi connectivity index (χ3v) is 5.62. The topological polar surface area (TPSA) is 94.0 Å². The number of piperazine rings is 1. The maximum atomic E-state index is 12.8. The Morgan fingerprint density at radius 1 is 0.943 bits per heavy atom. The van der Waals surface area contributed by atoms with Gasteiger partial charge >= 0.3 is 6.61 Å². The van der Waals surface area contributed by atoms with Gasteiger partial charge in [0.15, 0.2) is 0 Å². The first kappa shape index (κ1) is 25.6. The van der Waals surface area contributed by atoms with Gasteiger partial charge in [-0.1, -0.05) is 30.3 Å². The largest absolute Gasteiger partial charge is 0.434 e. The van der Waals surface area contributed by atoms with Gasteiger partial charge in [-0.05, 0) is 24.3 Å². The van der Waals surface area contributed by atoms with Crippen LogP contribution in [0.4, 0.5) is 14.5 Å². The van der Waals surface area contributed by atoms with Crippen molar-refractivity contribution in [3.8, 4) is 11.8 Å². The summed E-state index contributed by atoms with van der Waals surface area (Å²) >= 11 is 0. The van der Waals surface area contributed by atoms with E-state index in [0.717, 1.165) is 0 Å². The highest BCUT2D eigenvalue weighted by molar-refractivity contribution is 5.97. The molecular weight excluding hydrogens is 458 g/mol. The number of nitriles is 1. The number of hydrogen-bond acceptors (Lipinski definition) is 5. The quantitative estimate of drug-likeness (QED) is 0.545. The van der Waals surface area contributed by atoms with E-state index in [1.165, 1.54) is 28.0 Å². The smallest absolute Gasteiger partial charge is 0.387 e. The maximum absolute atomic E-state index is 12.8. The number of nitrogens with zero attached hydrogens (tertiary/aromatic N) is 4. The second-order valence-electron chi connectivity index (χ2n) is 7.84. The van der Waals surface area contributed by atoms with Gasteiger partial charge in [0.1, 0.15) is 5.75 Å². The van der Waals surface area contributed by atoms with E-state index in [-0.39, 0.29) is 75.1 Å². The molecule has 10 heteroatoms. The lowest BCUT2D eigenvalue weighted by Crippen LogP contribution is -2.50. The van der Waals surface area contributed by atoms with Gasteiger partial charge in [0.05, 0.1) is 18.1 Å². The minimum atomic E-state index is -3.04. The molecule has 0 aliphatic carbocycles. The molecule has 1 aliphatic rings. The van der Waals surface area contributed by atoms with E-state index in [4.69, 9.17) is 5.26 Å². The number of para-hydroxylation sites is 2. The van der Waals surface area contributed by atoms with Crippen LogP contribution in [0.25, 0.3) is 0 Å². The van der Waals surface area contributed by atoms with E-state index >= 15 is 0 Å².